The van der Waals surface area contributed by atoms with Gasteiger partial charge < -0.3 is 15.0 Å². The maximum absolute atomic E-state index is 12.8. The number of piperidine rings is 1. The van der Waals surface area contributed by atoms with E-state index in [0.717, 1.165) is 38.2 Å². The summed E-state index contributed by atoms with van der Waals surface area (Å²) in [5, 5.41) is 10.8. The molecule has 0 unspecified atom stereocenters. The Labute approximate surface area is 172 Å². The third-order valence-corrected chi connectivity index (χ3v) is 5.95. The van der Waals surface area contributed by atoms with Gasteiger partial charge in [-0.15, -0.1) is 0 Å². The molecule has 0 aromatic carbocycles. The maximum Gasteiger partial charge on any atom is 0.410 e. The van der Waals surface area contributed by atoms with E-state index in [9.17, 15) is 9.59 Å². The van der Waals surface area contributed by atoms with Crippen LogP contribution < -0.4 is 10.2 Å². The lowest BCUT2D eigenvalue weighted by molar-refractivity contribution is -0.126. The second-order valence-corrected chi connectivity index (χ2v) is 9.56. The zero-order valence-electron chi connectivity index (χ0n) is 17.7. The molecule has 29 heavy (non-hydrogen) atoms. The molecular weight excluding hydrogens is 370 g/mol. The van der Waals surface area contributed by atoms with Gasteiger partial charge in [0.25, 0.3) is 0 Å². The highest BCUT2D eigenvalue weighted by Gasteiger charge is 2.37. The average molecular weight is 404 g/mol. The highest BCUT2D eigenvalue weighted by atomic mass is 16.6. The van der Waals surface area contributed by atoms with Crippen LogP contribution in [0, 0.1) is 0 Å². The van der Waals surface area contributed by atoms with Crippen LogP contribution in [-0.2, 0) is 9.53 Å². The molecule has 3 aliphatic rings. The van der Waals surface area contributed by atoms with Gasteiger partial charge in [-0.2, -0.15) is 5.10 Å². The number of nitrogens with one attached hydrogen (secondary N) is 2. The second kappa shape index (κ2) is 7.88. The van der Waals surface area contributed by atoms with Crippen LogP contribution in [0.25, 0.3) is 0 Å². The first-order valence-electron chi connectivity index (χ1n) is 10.9. The number of aromatic amines is 1. The van der Waals surface area contributed by atoms with Gasteiger partial charge >= 0.3 is 6.09 Å². The van der Waals surface area contributed by atoms with Crippen molar-refractivity contribution in [3.05, 3.63) is 11.8 Å². The molecule has 1 aromatic heterocycles. The van der Waals surface area contributed by atoms with E-state index in [1.165, 1.54) is 18.5 Å². The van der Waals surface area contributed by atoms with E-state index in [1.807, 2.05) is 20.8 Å². The van der Waals surface area contributed by atoms with Gasteiger partial charge in [0.1, 0.15) is 11.6 Å². The molecule has 0 spiro atoms. The second-order valence-electron chi connectivity index (χ2n) is 9.56. The van der Waals surface area contributed by atoms with Crippen LogP contribution in [0.15, 0.2) is 6.07 Å². The minimum Gasteiger partial charge on any atom is -0.444 e. The van der Waals surface area contributed by atoms with E-state index in [2.05, 4.69) is 26.5 Å². The van der Waals surface area contributed by atoms with Crippen LogP contribution in [0.1, 0.15) is 70.9 Å². The van der Waals surface area contributed by atoms with E-state index in [-0.39, 0.29) is 11.9 Å². The van der Waals surface area contributed by atoms with Gasteiger partial charge in [0.05, 0.1) is 0 Å². The fraction of sp³-hybridized carbons (Fsp3) is 0.762. The Morgan fingerprint density at radius 2 is 1.86 bits per heavy atom. The molecule has 160 valence electrons. The zero-order valence-corrected chi connectivity index (χ0v) is 17.7. The number of amides is 2. The molecule has 2 saturated heterocycles. The summed E-state index contributed by atoms with van der Waals surface area (Å²) in [5.41, 5.74) is 0.693. The number of nitrogens with zero attached hydrogens (tertiary/aromatic N) is 3. The van der Waals surface area contributed by atoms with E-state index in [0.29, 0.717) is 18.9 Å². The van der Waals surface area contributed by atoms with Gasteiger partial charge in [-0.25, -0.2) is 4.79 Å². The molecule has 2 amide bonds. The molecule has 8 heteroatoms. The quantitative estimate of drug-likeness (QED) is 0.807. The number of anilines is 1. The molecule has 1 aromatic rings. The average Bonchev–Trinajstić information content (AvgIpc) is 3.19. The summed E-state index contributed by atoms with van der Waals surface area (Å²) in [7, 11) is 0. The number of rotatable bonds is 4. The minimum absolute atomic E-state index is 0.0531. The third kappa shape index (κ3) is 4.85. The third-order valence-electron chi connectivity index (χ3n) is 5.95. The molecule has 2 N–H and O–H groups in total. The number of ether oxygens (including phenoxy) is 1. The summed E-state index contributed by atoms with van der Waals surface area (Å²) in [6, 6.07) is 1.89. The number of hydrogen-bond donors (Lipinski definition) is 2. The SMILES string of the molecule is CC(C)(C)OC(=O)N1CCC[C@@H]1C(=O)NC1CCN(c2cc(C3CC3)[nH]n2)CC1. The lowest BCUT2D eigenvalue weighted by atomic mass is 10.0. The number of likely N-dealkylation sites (tertiary alicyclic amines) is 1. The van der Waals surface area contributed by atoms with Crippen molar-refractivity contribution in [2.75, 3.05) is 24.5 Å². The van der Waals surface area contributed by atoms with E-state index < -0.39 is 17.7 Å². The predicted molar refractivity (Wildman–Crippen MR) is 110 cm³/mol. The first-order valence-corrected chi connectivity index (χ1v) is 10.9. The normalized spacial score (nSPS) is 23.3. The fourth-order valence-corrected chi connectivity index (χ4v) is 4.22. The number of H-pyrrole nitrogens is 1. The maximum atomic E-state index is 12.8. The fourth-order valence-electron chi connectivity index (χ4n) is 4.22. The molecule has 3 heterocycles. The van der Waals surface area contributed by atoms with Gasteiger partial charge in [-0.05, 0) is 59.3 Å². The number of aromatic nitrogens is 2. The van der Waals surface area contributed by atoms with Gasteiger partial charge in [-0.3, -0.25) is 14.8 Å². The summed E-state index contributed by atoms with van der Waals surface area (Å²) in [6.45, 7) is 7.86. The van der Waals surface area contributed by atoms with Crippen LogP contribution in [0.2, 0.25) is 0 Å². The topological polar surface area (TPSA) is 90.6 Å². The van der Waals surface area contributed by atoms with Crippen LogP contribution in [0.4, 0.5) is 10.6 Å². The molecular formula is C21H33N5O3. The Kier molecular flexibility index (Phi) is 5.44. The van der Waals surface area contributed by atoms with Crippen molar-refractivity contribution in [2.45, 2.75) is 82.9 Å². The Bertz CT molecular complexity index is 744. The molecule has 1 aliphatic carbocycles. The summed E-state index contributed by atoms with van der Waals surface area (Å²) < 4.78 is 5.47. The van der Waals surface area contributed by atoms with Crippen LogP contribution in [0.3, 0.4) is 0 Å². The molecule has 3 fully saturated rings. The van der Waals surface area contributed by atoms with Crippen molar-refractivity contribution in [1.82, 2.24) is 20.4 Å². The zero-order chi connectivity index (χ0) is 20.6. The molecule has 2 aliphatic heterocycles. The largest absolute Gasteiger partial charge is 0.444 e. The first kappa shape index (κ1) is 20.0. The smallest absolute Gasteiger partial charge is 0.410 e. The number of carbonyl (C=O) groups is 2. The Hall–Kier alpha value is -2.25. The first-order chi connectivity index (χ1) is 13.8. The number of carbonyl (C=O) groups excluding carboxylic acids is 2. The molecule has 1 saturated carbocycles. The summed E-state index contributed by atoms with van der Waals surface area (Å²) in [4.78, 5) is 29.1. The van der Waals surface area contributed by atoms with Gasteiger partial charge in [0.15, 0.2) is 5.82 Å². The Morgan fingerprint density at radius 1 is 1.14 bits per heavy atom. The molecule has 0 bridgehead atoms. The highest BCUT2D eigenvalue weighted by molar-refractivity contribution is 5.86. The van der Waals surface area contributed by atoms with Crippen molar-refractivity contribution in [1.29, 1.82) is 0 Å². The van der Waals surface area contributed by atoms with E-state index in [1.54, 1.807) is 4.90 Å². The summed E-state index contributed by atoms with van der Waals surface area (Å²) in [5.74, 6) is 1.64. The molecule has 8 nitrogen and oxygen atoms in total. The van der Waals surface area contributed by atoms with Crippen molar-refractivity contribution >= 4 is 17.8 Å². The van der Waals surface area contributed by atoms with Crippen molar-refractivity contribution in [3.63, 3.8) is 0 Å². The van der Waals surface area contributed by atoms with E-state index in [4.69, 9.17) is 4.74 Å². The standard InChI is InChI=1S/C21H33N5O3/c1-21(2,3)29-20(28)26-10-4-5-17(26)19(27)22-15-8-11-25(12-9-15)18-13-16(23-24-18)14-6-7-14/h13-15,17H,4-12H2,1-3H3,(H,22,27)(H,23,24)/t17-/m1/s1. The van der Waals surface area contributed by atoms with Crippen molar-refractivity contribution in [2.24, 2.45) is 0 Å². The number of hydrogen-bond acceptors (Lipinski definition) is 5. The van der Waals surface area contributed by atoms with Gasteiger partial charge in [-0.1, -0.05) is 0 Å². The monoisotopic (exact) mass is 403 g/mol. The highest BCUT2D eigenvalue weighted by Crippen LogP contribution is 2.40. The van der Waals surface area contributed by atoms with Gasteiger partial charge in [0, 0.05) is 43.4 Å². The van der Waals surface area contributed by atoms with Crippen molar-refractivity contribution in [3.8, 4) is 0 Å². The predicted octanol–water partition coefficient (Wildman–Crippen LogP) is 2.77. The Balaban J connectivity index is 1.27. The van der Waals surface area contributed by atoms with E-state index >= 15 is 0 Å². The Morgan fingerprint density at radius 3 is 2.52 bits per heavy atom. The lowest BCUT2D eigenvalue weighted by Gasteiger charge is -2.34. The summed E-state index contributed by atoms with van der Waals surface area (Å²) >= 11 is 0. The van der Waals surface area contributed by atoms with Gasteiger partial charge in [0.2, 0.25) is 5.91 Å². The molecule has 1 atom stereocenters. The molecule has 0 radical (unpaired) electrons. The minimum atomic E-state index is -0.556. The van der Waals surface area contributed by atoms with Crippen LogP contribution in [-0.4, -0.2) is 64.4 Å². The van der Waals surface area contributed by atoms with Crippen LogP contribution >= 0.6 is 0 Å². The van der Waals surface area contributed by atoms with Crippen LogP contribution in [0.5, 0.6) is 0 Å². The lowest BCUT2D eigenvalue weighted by Crippen LogP contribution is -2.52. The van der Waals surface area contributed by atoms with Crippen molar-refractivity contribution < 1.29 is 14.3 Å². The molecule has 4 rings (SSSR count). The summed E-state index contributed by atoms with van der Waals surface area (Å²) in [6.07, 6.45) is 5.43.